The standard InChI is InChI=1S/C24H22FN5O3/c1-2-33-23-22-20(29-24(30-23)26-13-15-3-7-17(25)8-4-15)12-11-19(28-22)16-5-9-18(10-6-16)27-21(32)14-31/h3-12,31H,2,13-14H2,1H3,(H,27,32)(H,26,29,30). The summed E-state index contributed by atoms with van der Waals surface area (Å²) in [4.78, 5) is 25.0. The fraction of sp³-hybridized carbons (Fsp3) is 0.167. The lowest BCUT2D eigenvalue weighted by atomic mass is 10.1. The molecule has 0 aliphatic carbocycles. The summed E-state index contributed by atoms with van der Waals surface area (Å²) in [6, 6.07) is 17.0. The van der Waals surface area contributed by atoms with Crippen LogP contribution in [0, 0.1) is 5.82 Å². The maximum absolute atomic E-state index is 13.1. The molecule has 2 aromatic carbocycles. The van der Waals surface area contributed by atoms with Crippen LogP contribution in [0.25, 0.3) is 22.3 Å². The van der Waals surface area contributed by atoms with Gasteiger partial charge in [0.15, 0.2) is 5.52 Å². The zero-order valence-corrected chi connectivity index (χ0v) is 17.9. The van der Waals surface area contributed by atoms with Crippen molar-refractivity contribution in [2.45, 2.75) is 13.5 Å². The molecule has 2 aromatic heterocycles. The van der Waals surface area contributed by atoms with Crippen LogP contribution >= 0.6 is 0 Å². The van der Waals surface area contributed by atoms with Crippen LogP contribution in [-0.2, 0) is 11.3 Å². The van der Waals surface area contributed by atoms with Gasteiger partial charge < -0.3 is 20.5 Å². The first-order valence-corrected chi connectivity index (χ1v) is 10.4. The van der Waals surface area contributed by atoms with Crippen molar-refractivity contribution >= 4 is 28.6 Å². The van der Waals surface area contributed by atoms with E-state index in [9.17, 15) is 9.18 Å². The van der Waals surface area contributed by atoms with Gasteiger partial charge in [-0.05, 0) is 48.9 Å². The van der Waals surface area contributed by atoms with E-state index < -0.39 is 12.5 Å². The van der Waals surface area contributed by atoms with Crippen molar-refractivity contribution in [2.75, 3.05) is 23.8 Å². The van der Waals surface area contributed by atoms with Gasteiger partial charge in [0, 0.05) is 17.8 Å². The number of hydrogen-bond acceptors (Lipinski definition) is 7. The highest BCUT2D eigenvalue weighted by atomic mass is 19.1. The molecule has 0 spiro atoms. The van der Waals surface area contributed by atoms with Crippen molar-refractivity contribution in [1.29, 1.82) is 0 Å². The molecule has 3 N–H and O–H groups in total. The van der Waals surface area contributed by atoms with Crippen LogP contribution in [0.3, 0.4) is 0 Å². The van der Waals surface area contributed by atoms with Crippen LogP contribution in [0.1, 0.15) is 12.5 Å². The maximum Gasteiger partial charge on any atom is 0.250 e. The Balaban J connectivity index is 1.60. The second-order valence-corrected chi connectivity index (χ2v) is 7.11. The summed E-state index contributed by atoms with van der Waals surface area (Å²) < 4.78 is 18.8. The van der Waals surface area contributed by atoms with Gasteiger partial charge in [-0.15, -0.1) is 0 Å². The molecule has 0 aliphatic rings. The molecule has 4 rings (SSSR count). The number of nitrogens with one attached hydrogen (secondary N) is 2. The number of ether oxygens (including phenoxy) is 1. The number of rotatable bonds is 8. The first-order valence-electron chi connectivity index (χ1n) is 10.4. The summed E-state index contributed by atoms with van der Waals surface area (Å²) in [6.45, 7) is 2.13. The van der Waals surface area contributed by atoms with Gasteiger partial charge in [0.25, 0.3) is 0 Å². The van der Waals surface area contributed by atoms with Gasteiger partial charge >= 0.3 is 0 Å². The number of pyridine rings is 1. The number of carbonyl (C=O) groups is 1. The highest BCUT2D eigenvalue weighted by molar-refractivity contribution is 5.91. The van der Waals surface area contributed by atoms with Crippen LogP contribution in [0.2, 0.25) is 0 Å². The molecule has 8 nitrogen and oxygen atoms in total. The lowest BCUT2D eigenvalue weighted by molar-refractivity contribution is -0.118. The largest absolute Gasteiger partial charge is 0.476 e. The predicted octanol–water partition coefficient (Wildman–Crippen LogP) is 3.77. The van der Waals surface area contributed by atoms with E-state index in [4.69, 9.17) is 14.8 Å². The molecule has 168 valence electrons. The number of nitrogens with zero attached hydrogens (tertiary/aromatic N) is 3. The molecule has 1 amide bonds. The number of benzene rings is 2. The molecule has 2 heterocycles. The van der Waals surface area contributed by atoms with Crippen molar-refractivity contribution in [3.8, 4) is 17.1 Å². The SMILES string of the molecule is CCOc1nc(NCc2ccc(F)cc2)nc2ccc(-c3ccc(NC(=O)CO)cc3)nc12. The predicted molar refractivity (Wildman–Crippen MR) is 123 cm³/mol. The third kappa shape index (κ3) is 5.39. The molecule has 0 saturated carbocycles. The normalized spacial score (nSPS) is 10.8. The second-order valence-electron chi connectivity index (χ2n) is 7.11. The van der Waals surface area contributed by atoms with Gasteiger partial charge in [0.05, 0.1) is 17.8 Å². The number of aliphatic hydroxyl groups excluding tert-OH is 1. The van der Waals surface area contributed by atoms with E-state index in [1.54, 1.807) is 24.3 Å². The number of anilines is 2. The summed E-state index contributed by atoms with van der Waals surface area (Å²) in [7, 11) is 0. The van der Waals surface area contributed by atoms with Crippen molar-refractivity contribution in [2.24, 2.45) is 0 Å². The maximum atomic E-state index is 13.1. The summed E-state index contributed by atoms with van der Waals surface area (Å²) >= 11 is 0. The third-order valence-electron chi connectivity index (χ3n) is 4.76. The number of halogens is 1. The molecule has 0 fully saturated rings. The zero-order valence-electron chi connectivity index (χ0n) is 17.9. The van der Waals surface area contributed by atoms with Crippen LogP contribution in [0.4, 0.5) is 16.0 Å². The average Bonchev–Trinajstić information content (AvgIpc) is 2.84. The van der Waals surface area contributed by atoms with E-state index >= 15 is 0 Å². The number of hydrogen-bond donors (Lipinski definition) is 3. The third-order valence-corrected chi connectivity index (χ3v) is 4.76. The molecular weight excluding hydrogens is 425 g/mol. The topological polar surface area (TPSA) is 109 Å². The van der Waals surface area contributed by atoms with E-state index in [1.807, 2.05) is 31.2 Å². The van der Waals surface area contributed by atoms with Crippen molar-refractivity contribution in [3.63, 3.8) is 0 Å². The molecule has 9 heteroatoms. The fourth-order valence-electron chi connectivity index (χ4n) is 3.17. The number of aliphatic hydroxyl groups is 1. The molecule has 0 radical (unpaired) electrons. The molecule has 0 saturated heterocycles. The van der Waals surface area contributed by atoms with Gasteiger partial charge in [-0.1, -0.05) is 24.3 Å². The van der Waals surface area contributed by atoms with Gasteiger partial charge in [-0.2, -0.15) is 4.98 Å². The summed E-state index contributed by atoms with van der Waals surface area (Å²) in [5.74, 6) is -0.0220. The fourth-order valence-corrected chi connectivity index (χ4v) is 3.17. The molecule has 4 aromatic rings. The Kier molecular flexibility index (Phi) is 6.70. The van der Waals surface area contributed by atoms with Gasteiger partial charge in [-0.3, -0.25) is 4.79 Å². The van der Waals surface area contributed by atoms with E-state index in [1.165, 1.54) is 12.1 Å². The first-order chi connectivity index (χ1) is 16.1. The van der Waals surface area contributed by atoms with E-state index in [0.717, 1.165) is 11.1 Å². The van der Waals surface area contributed by atoms with E-state index in [0.29, 0.717) is 47.4 Å². The molecule has 0 bridgehead atoms. The second kappa shape index (κ2) is 10.0. The quantitative estimate of drug-likeness (QED) is 0.377. The van der Waals surface area contributed by atoms with E-state index in [2.05, 4.69) is 20.6 Å². The lowest BCUT2D eigenvalue weighted by Crippen LogP contribution is -2.15. The monoisotopic (exact) mass is 447 g/mol. The number of amides is 1. The first kappa shape index (κ1) is 22.1. The number of carbonyl (C=O) groups excluding carboxylic acids is 1. The number of fused-ring (bicyclic) bond motifs is 1. The van der Waals surface area contributed by atoms with Crippen molar-refractivity contribution in [1.82, 2.24) is 15.0 Å². The Bertz CT molecular complexity index is 1260. The van der Waals surface area contributed by atoms with Crippen molar-refractivity contribution < 1.29 is 19.0 Å². The Morgan fingerprint density at radius 3 is 2.45 bits per heavy atom. The van der Waals surface area contributed by atoms with Crippen LogP contribution in [0.15, 0.2) is 60.7 Å². The Morgan fingerprint density at radius 1 is 1.00 bits per heavy atom. The zero-order chi connectivity index (χ0) is 23.2. The lowest BCUT2D eigenvalue weighted by Gasteiger charge is -2.11. The Hall–Kier alpha value is -4.11. The van der Waals surface area contributed by atoms with Gasteiger partial charge in [0.2, 0.25) is 17.7 Å². The van der Waals surface area contributed by atoms with E-state index in [-0.39, 0.29) is 5.82 Å². The molecule has 33 heavy (non-hydrogen) atoms. The minimum atomic E-state index is -0.574. The number of aromatic nitrogens is 3. The van der Waals surface area contributed by atoms with Gasteiger partial charge in [0.1, 0.15) is 12.4 Å². The average molecular weight is 447 g/mol. The minimum absolute atomic E-state index is 0.286. The van der Waals surface area contributed by atoms with Crippen LogP contribution in [-0.4, -0.2) is 39.2 Å². The Labute approximate surface area is 189 Å². The van der Waals surface area contributed by atoms with Crippen molar-refractivity contribution in [3.05, 3.63) is 72.0 Å². The summed E-state index contributed by atoms with van der Waals surface area (Å²) in [5.41, 5.74) is 4.14. The van der Waals surface area contributed by atoms with Gasteiger partial charge in [-0.25, -0.2) is 14.4 Å². The highest BCUT2D eigenvalue weighted by Crippen LogP contribution is 2.27. The highest BCUT2D eigenvalue weighted by Gasteiger charge is 2.12. The Morgan fingerprint density at radius 2 is 1.76 bits per heavy atom. The molecular formula is C24H22FN5O3. The molecule has 0 unspecified atom stereocenters. The minimum Gasteiger partial charge on any atom is -0.476 e. The molecule has 0 atom stereocenters. The smallest absolute Gasteiger partial charge is 0.250 e. The van der Waals surface area contributed by atoms with Crippen LogP contribution < -0.4 is 15.4 Å². The summed E-state index contributed by atoms with van der Waals surface area (Å²) in [5, 5.41) is 14.6. The van der Waals surface area contributed by atoms with Crippen LogP contribution in [0.5, 0.6) is 5.88 Å². The molecule has 0 aliphatic heterocycles. The summed E-state index contributed by atoms with van der Waals surface area (Å²) in [6.07, 6.45) is 0.